The number of aromatic nitrogens is 1. The number of nitrogens with one attached hydrogen (secondary N) is 2. The van der Waals surface area contributed by atoms with Gasteiger partial charge in [-0.05, 0) is 53.9 Å². The molecule has 0 unspecified atom stereocenters. The minimum absolute atomic E-state index is 0.0647. The Morgan fingerprint density at radius 1 is 0.857 bits per heavy atom. The van der Waals surface area contributed by atoms with E-state index in [0.29, 0.717) is 24.3 Å². The Hall–Kier alpha value is -3.80. The van der Waals surface area contributed by atoms with Gasteiger partial charge in [0.2, 0.25) is 5.91 Å². The van der Waals surface area contributed by atoms with Crippen molar-refractivity contribution in [3.63, 3.8) is 0 Å². The zero-order chi connectivity index (χ0) is 19.3. The second-order valence-corrected chi connectivity index (χ2v) is 6.37. The molecule has 2 aromatic heterocycles. The minimum Gasteiger partial charge on any atom is -0.459 e. The molecule has 2 aromatic carbocycles. The van der Waals surface area contributed by atoms with E-state index in [4.69, 9.17) is 4.42 Å². The quantitative estimate of drug-likeness (QED) is 0.522. The zero-order valence-corrected chi connectivity index (χ0v) is 15.1. The first-order chi connectivity index (χ1) is 13.7. The number of nitrogens with zero attached hydrogens (tertiary/aromatic N) is 1. The lowest BCUT2D eigenvalue weighted by atomic mass is 10.2. The molecule has 4 aromatic rings. The van der Waals surface area contributed by atoms with Crippen LogP contribution in [0.2, 0.25) is 0 Å². The average molecular weight is 373 g/mol. The van der Waals surface area contributed by atoms with Gasteiger partial charge in [-0.2, -0.15) is 0 Å². The molecule has 0 saturated heterocycles. The van der Waals surface area contributed by atoms with E-state index in [1.807, 2.05) is 30.5 Å². The van der Waals surface area contributed by atoms with Crippen molar-refractivity contribution in [1.82, 2.24) is 4.57 Å². The number of fused-ring (bicyclic) bond motifs is 1. The molecule has 0 saturated carbocycles. The number of rotatable bonds is 6. The van der Waals surface area contributed by atoms with Gasteiger partial charge in [-0.1, -0.05) is 18.2 Å². The second kappa shape index (κ2) is 7.84. The molecular weight excluding hydrogens is 354 g/mol. The van der Waals surface area contributed by atoms with Crippen molar-refractivity contribution in [2.75, 3.05) is 10.6 Å². The Balaban J connectivity index is 1.31. The summed E-state index contributed by atoms with van der Waals surface area (Å²) < 4.78 is 7.13. The largest absolute Gasteiger partial charge is 0.459 e. The molecule has 0 bridgehead atoms. The topological polar surface area (TPSA) is 76.3 Å². The Labute approximate surface area is 161 Å². The lowest BCUT2D eigenvalue weighted by Gasteiger charge is -2.08. The van der Waals surface area contributed by atoms with Crippen LogP contribution in [0, 0.1) is 0 Å². The summed E-state index contributed by atoms with van der Waals surface area (Å²) in [5.74, 6) is -0.138. The van der Waals surface area contributed by atoms with Crippen LogP contribution in [0.5, 0.6) is 0 Å². The van der Waals surface area contributed by atoms with E-state index in [1.165, 1.54) is 6.26 Å². The smallest absolute Gasteiger partial charge is 0.291 e. The van der Waals surface area contributed by atoms with Gasteiger partial charge in [-0.25, -0.2) is 0 Å². The van der Waals surface area contributed by atoms with Crippen molar-refractivity contribution in [2.45, 2.75) is 13.0 Å². The minimum atomic E-state index is -0.319. The molecule has 0 aliphatic heterocycles. The zero-order valence-electron chi connectivity index (χ0n) is 15.1. The third-order valence-corrected chi connectivity index (χ3v) is 4.43. The van der Waals surface area contributed by atoms with Gasteiger partial charge in [-0.15, -0.1) is 0 Å². The Bertz CT molecular complexity index is 1100. The number of anilines is 2. The van der Waals surface area contributed by atoms with Gasteiger partial charge in [0.15, 0.2) is 5.76 Å². The van der Waals surface area contributed by atoms with Crippen molar-refractivity contribution >= 4 is 34.1 Å². The number of furan rings is 1. The summed E-state index contributed by atoms with van der Waals surface area (Å²) in [4.78, 5) is 24.2. The highest BCUT2D eigenvalue weighted by Gasteiger charge is 2.09. The average Bonchev–Trinajstić information content (AvgIpc) is 3.38. The number of aryl methyl sites for hydroxylation is 1. The summed E-state index contributed by atoms with van der Waals surface area (Å²) in [5, 5.41) is 6.78. The molecule has 0 spiro atoms. The van der Waals surface area contributed by atoms with Crippen LogP contribution in [0.1, 0.15) is 17.0 Å². The van der Waals surface area contributed by atoms with Crippen molar-refractivity contribution in [3.05, 3.63) is 85.0 Å². The highest BCUT2D eigenvalue weighted by atomic mass is 16.3. The fraction of sp³-hybridized carbons (Fsp3) is 0.0909. The molecule has 2 N–H and O–H groups in total. The van der Waals surface area contributed by atoms with E-state index in [1.54, 1.807) is 36.4 Å². The van der Waals surface area contributed by atoms with Gasteiger partial charge in [0.25, 0.3) is 5.91 Å². The Kier molecular flexibility index (Phi) is 4.93. The van der Waals surface area contributed by atoms with Crippen molar-refractivity contribution in [2.24, 2.45) is 0 Å². The van der Waals surface area contributed by atoms with Crippen LogP contribution in [0.3, 0.4) is 0 Å². The molecule has 0 aliphatic carbocycles. The first-order valence-electron chi connectivity index (χ1n) is 8.98. The van der Waals surface area contributed by atoms with E-state index in [9.17, 15) is 9.59 Å². The number of para-hydroxylation sites is 1. The number of hydrogen-bond donors (Lipinski definition) is 2. The molecule has 140 valence electrons. The van der Waals surface area contributed by atoms with E-state index in [0.717, 1.165) is 10.9 Å². The highest BCUT2D eigenvalue weighted by molar-refractivity contribution is 6.02. The molecule has 2 amide bonds. The molecule has 6 heteroatoms. The third-order valence-electron chi connectivity index (χ3n) is 4.43. The molecule has 0 radical (unpaired) electrons. The fourth-order valence-electron chi connectivity index (χ4n) is 3.02. The molecule has 0 aliphatic rings. The lowest BCUT2D eigenvalue weighted by Crippen LogP contribution is -2.14. The van der Waals surface area contributed by atoms with Gasteiger partial charge >= 0.3 is 0 Å². The summed E-state index contributed by atoms with van der Waals surface area (Å²) in [6.07, 6.45) is 3.81. The maximum absolute atomic E-state index is 12.3. The highest BCUT2D eigenvalue weighted by Crippen LogP contribution is 2.17. The number of amides is 2. The van der Waals surface area contributed by atoms with Crippen molar-refractivity contribution in [1.29, 1.82) is 0 Å². The first kappa shape index (κ1) is 17.6. The Morgan fingerprint density at radius 2 is 1.61 bits per heavy atom. The predicted octanol–water partition coefficient (Wildman–Crippen LogP) is 4.52. The van der Waals surface area contributed by atoms with Crippen LogP contribution >= 0.6 is 0 Å². The van der Waals surface area contributed by atoms with Gasteiger partial charge in [0, 0.05) is 36.1 Å². The molecule has 28 heavy (non-hydrogen) atoms. The van der Waals surface area contributed by atoms with Crippen LogP contribution < -0.4 is 10.6 Å². The second-order valence-electron chi connectivity index (χ2n) is 6.37. The summed E-state index contributed by atoms with van der Waals surface area (Å²) in [6.45, 7) is 0.608. The molecule has 4 rings (SSSR count). The van der Waals surface area contributed by atoms with Gasteiger partial charge < -0.3 is 19.6 Å². The number of benzene rings is 2. The van der Waals surface area contributed by atoms with E-state index >= 15 is 0 Å². The predicted molar refractivity (Wildman–Crippen MR) is 108 cm³/mol. The van der Waals surface area contributed by atoms with Crippen LogP contribution in [-0.4, -0.2) is 16.4 Å². The molecule has 6 nitrogen and oxygen atoms in total. The maximum Gasteiger partial charge on any atom is 0.291 e. The van der Waals surface area contributed by atoms with Gasteiger partial charge in [-0.3, -0.25) is 9.59 Å². The maximum atomic E-state index is 12.3. The number of hydrogen-bond acceptors (Lipinski definition) is 3. The molecular formula is C22H19N3O3. The van der Waals surface area contributed by atoms with Crippen LogP contribution in [0.25, 0.3) is 10.9 Å². The number of carbonyl (C=O) groups is 2. The summed E-state index contributed by atoms with van der Waals surface area (Å²) in [7, 11) is 0. The summed E-state index contributed by atoms with van der Waals surface area (Å²) in [5.41, 5.74) is 2.42. The summed E-state index contributed by atoms with van der Waals surface area (Å²) in [6, 6.07) is 20.4. The standard InChI is InChI=1S/C22H19N3O3/c26-21(12-14-25-13-11-16-4-1-2-5-19(16)25)23-17-7-9-18(10-8-17)24-22(27)20-6-3-15-28-20/h1-11,13,15H,12,14H2,(H,23,26)(H,24,27). The van der Waals surface area contributed by atoms with E-state index in [-0.39, 0.29) is 17.6 Å². The lowest BCUT2D eigenvalue weighted by molar-refractivity contribution is -0.116. The third kappa shape index (κ3) is 3.96. The fourth-order valence-corrected chi connectivity index (χ4v) is 3.02. The van der Waals surface area contributed by atoms with Crippen LogP contribution in [0.15, 0.2) is 83.6 Å². The molecule has 0 atom stereocenters. The molecule has 2 heterocycles. The monoisotopic (exact) mass is 373 g/mol. The van der Waals surface area contributed by atoms with Crippen molar-refractivity contribution < 1.29 is 14.0 Å². The van der Waals surface area contributed by atoms with Crippen LogP contribution in [0.4, 0.5) is 11.4 Å². The number of carbonyl (C=O) groups excluding carboxylic acids is 2. The van der Waals surface area contributed by atoms with E-state index < -0.39 is 0 Å². The Morgan fingerprint density at radius 3 is 2.36 bits per heavy atom. The first-order valence-corrected chi connectivity index (χ1v) is 8.98. The SMILES string of the molecule is O=C(CCn1ccc2ccccc21)Nc1ccc(NC(=O)c2ccco2)cc1. The van der Waals surface area contributed by atoms with Gasteiger partial charge in [0.1, 0.15) is 0 Å². The van der Waals surface area contributed by atoms with Crippen LogP contribution in [-0.2, 0) is 11.3 Å². The summed E-state index contributed by atoms with van der Waals surface area (Å²) >= 11 is 0. The van der Waals surface area contributed by atoms with Crippen molar-refractivity contribution in [3.8, 4) is 0 Å². The normalized spacial score (nSPS) is 10.7. The van der Waals surface area contributed by atoms with E-state index in [2.05, 4.69) is 21.3 Å². The van der Waals surface area contributed by atoms with Gasteiger partial charge in [0.05, 0.1) is 6.26 Å². The molecule has 0 fully saturated rings.